The Labute approximate surface area is 163 Å². The maximum atomic E-state index is 13.0. The molecule has 0 spiro atoms. The molecule has 3 aromatic rings. The summed E-state index contributed by atoms with van der Waals surface area (Å²) >= 11 is 0. The number of anilines is 2. The molecule has 3 rings (SSSR count). The lowest BCUT2D eigenvalue weighted by Crippen LogP contribution is -2.20. The number of nitrogens with two attached hydrogens (primary N) is 1. The number of nitrogen functional groups attached to an aromatic ring is 1. The fourth-order valence-corrected chi connectivity index (χ4v) is 2.45. The second-order valence-electron chi connectivity index (χ2n) is 6.32. The van der Waals surface area contributed by atoms with Gasteiger partial charge in [0.15, 0.2) is 11.5 Å². The van der Waals surface area contributed by atoms with Crippen LogP contribution in [-0.2, 0) is 6.18 Å². The molecular formula is C17H18F3N7O2. The average Bonchev–Trinajstić information content (AvgIpc) is 2.97. The summed E-state index contributed by atoms with van der Waals surface area (Å²) in [5, 5.41) is 6.39. The number of rotatable bonds is 6. The van der Waals surface area contributed by atoms with Gasteiger partial charge in [-0.3, -0.25) is 9.78 Å². The third-order valence-electron chi connectivity index (χ3n) is 3.86. The summed E-state index contributed by atoms with van der Waals surface area (Å²) in [6, 6.07) is 2.31. The van der Waals surface area contributed by atoms with Gasteiger partial charge in [-0.1, -0.05) is 0 Å². The predicted molar refractivity (Wildman–Crippen MR) is 98.6 cm³/mol. The molecule has 0 radical (unpaired) electrons. The molecule has 29 heavy (non-hydrogen) atoms. The van der Waals surface area contributed by atoms with Gasteiger partial charge in [-0.2, -0.15) is 13.2 Å². The third kappa shape index (κ3) is 4.54. The number of nitrogens with zero attached hydrogens (tertiary/aromatic N) is 5. The number of hydrogen-bond acceptors (Lipinski definition) is 7. The normalized spacial score (nSPS) is 11.8. The zero-order valence-corrected chi connectivity index (χ0v) is 15.6. The summed E-state index contributed by atoms with van der Waals surface area (Å²) in [5.74, 6) is -0.683. The molecule has 0 aliphatic carbocycles. The molecule has 1 amide bonds. The van der Waals surface area contributed by atoms with Crippen molar-refractivity contribution in [3.05, 3.63) is 42.0 Å². The number of hydrogen-bond donors (Lipinski definition) is 2. The molecular weight excluding hydrogens is 391 g/mol. The molecule has 0 unspecified atom stereocenters. The van der Waals surface area contributed by atoms with Crippen LogP contribution in [0.1, 0.15) is 16.1 Å². The topological polar surface area (TPSA) is 111 Å². The lowest BCUT2D eigenvalue weighted by molar-refractivity contribution is -0.141. The highest BCUT2D eigenvalue weighted by atomic mass is 19.4. The van der Waals surface area contributed by atoms with Gasteiger partial charge in [0.05, 0.1) is 6.20 Å². The molecule has 0 aromatic carbocycles. The minimum atomic E-state index is -4.68. The number of halogens is 3. The van der Waals surface area contributed by atoms with Gasteiger partial charge >= 0.3 is 6.18 Å². The van der Waals surface area contributed by atoms with Gasteiger partial charge < -0.3 is 20.7 Å². The van der Waals surface area contributed by atoms with E-state index in [9.17, 15) is 18.0 Å². The van der Waals surface area contributed by atoms with Crippen molar-refractivity contribution in [2.24, 2.45) is 0 Å². The first-order valence-corrected chi connectivity index (χ1v) is 8.41. The lowest BCUT2D eigenvalue weighted by atomic mass is 10.2. The Morgan fingerprint density at radius 2 is 2.10 bits per heavy atom. The molecule has 0 saturated heterocycles. The van der Waals surface area contributed by atoms with Gasteiger partial charge in [-0.15, -0.1) is 5.10 Å². The van der Waals surface area contributed by atoms with Crippen molar-refractivity contribution in [3.63, 3.8) is 0 Å². The Bertz CT molecular complexity index is 1030. The number of alkyl halides is 3. The molecule has 3 heterocycles. The summed E-state index contributed by atoms with van der Waals surface area (Å²) in [6.45, 7) is 0.996. The van der Waals surface area contributed by atoms with Gasteiger partial charge in [0, 0.05) is 25.0 Å². The second kappa shape index (κ2) is 7.91. The highest BCUT2D eigenvalue weighted by Crippen LogP contribution is 2.29. The van der Waals surface area contributed by atoms with Gasteiger partial charge in [0.1, 0.15) is 29.3 Å². The van der Waals surface area contributed by atoms with E-state index >= 15 is 0 Å². The van der Waals surface area contributed by atoms with E-state index in [0.29, 0.717) is 18.9 Å². The summed E-state index contributed by atoms with van der Waals surface area (Å²) < 4.78 is 45.6. The van der Waals surface area contributed by atoms with Crippen LogP contribution in [-0.4, -0.2) is 57.6 Å². The fourth-order valence-electron chi connectivity index (χ4n) is 2.45. The van der Waals surface area contributed by atoms with Crippen LogP contribution in [0.2, 0.25) is 0 Å². The second-order valence-corrected chi connectivity index (χ2v) is 6.32. The number of nitrogens with one attached hydrogen (secondary N) is 1. The molecule has 9 nitrogen and oxygen atoms in total. The Morgan fingerprint density at radius 3 is 2.79 bits per heavy atom. The van der Waals surface area contributed by atoms with E-state index in [-0.39, 0.29) is 22.7 Å². The van der Waals surface area contributed by atoms with E-state index in [4.69, 9.17) is 10.5 Å². The minimum Gasteiger partial charge on any atom is -0.490 e. The first-order chi connectivity index (χ1) is 13.7. The van der Waals surface area contributed by atoms with Gasteiger partial charge in [0.2, 0.25) is 0 Å². The van der Waals surface area contributed by atoms with Crippen molar-refractivity contribution >= 4 is 23.1 Å². The quantitative estimate of drug-likeness (QED) is 0.640. The van der Waals surface area contributed by atoms with E-state index in [2.05, 4.69) is 20.4 Å². The van der Waals surface area contributed by atoms with E-state index in [0.717, 1.165) is 16.8 Å². The van der Waals surface area contributed by atoms with Gasteiger partial charge in [-0.25, -0.2) is 9.50 Å². The van der Waals surface area contributed by atoms with Crippen LogP contribution >= 0.6 is 0 Å². The van der Waals surface area contributed by atoms with Crippen LogP contribution in [0.15, 0.2) is 30.7 Å². The largest absolute Gasteiger partial charge is 0.490 e. The van der Waals surface area contributed by atoms with Crippen LogP contribution < -0.4 is 15.8 Å². The number of aromatic nitrogens is 4. The number of carbonyl (C=O) groups is 1. The maximum absolute atomic E-state index is 13.0. The molecule has 154 valence electrons. The SMILES string of the molecule is CN(C)CCOc1ccncc1NC(=O)c1c(N)nn2ccc(C(F)(F)F)nc12. The zero-order chi connectivity index (χ0) is 21.2. The van der Waals surface area contributed by atoms with Crippen LogP contribution in [0.25, 0.3) is 5.65 Å². The summed E-state index contributed by atoms with van der Waals surface area (Å²) in [4.78, 5) is 22.1. The third-order valence-corrected chi connectivity index (χ3v) is 3.86. The molecule has 0 fully saturated rings. The number of amides is 1. The summed E-state index contributed by atoms with van der Waals surface area (Å²) in [6.07, 6.45) is -0.787. The Kier molecular flexibility index (Phi) is 5.55. The molecule has 0 saturated carbocycles. The minimum absolute atomic E-state index is 0.238. The summed E-state index contributed by atoms with van der Waals surface area (Å²) in [7, 11) is 3.77. The first kappa shape index (κ1) is 20.3. The van der Waals surface area contributed by atoms with Crippen LogP contribution in [0.4, 0.5) is 24.7 Å². The zero-order valence-electron chi connectivity index (χ0n) is 15.6. The molecule has 0 bridgehead atoms. The molecule has 12 heteroatoms. The van der Waals surface area contributed by atoms with Crippen LogP contribution in [0, 0.1) is 0 Å². The molecule has 3 N–H and O–H groups in total. The van der Waals surface area contributed by atoms with Crippen LogP contribution in [0.3, 0.4) is 0 Å². The van der Waals surface area contributed by atoms with E-state index in [1.165, 1.54) is 12.4 Å². The van der Waals surface area contributed by atoms with Gasteiger partial charge in [-0.05, 0) is 20.2 Å². The maximum Gasteiger partial charge on any atom is 0.433 e. The average molecular weight is 409 g/mol. The van der Waals surface area contributed by atoms with Crippen molar-refractivity contribution < 1.29 is 22.7 Å². The van der Waals surface area contributed by atoms with E-state index in [1.807, 2.05) is 19.0 Å². The summed E-state index contributed by atoms with van der Waals surface area (Å²) in [5.41, 5.74) is 4.24. The number of ether oxygens (including phenoxy) is 1. The fraction of sp³-hybridized carbons (Fsp3) is 0.294. The van der Waals surface area contributed by atoms with E-state index in [1.54, 1.807) is 6.07 Å². The number of carbonyl (C=O) groups excluding carboxylic acids is 1. The standard InChI is InChI=1S/C17H18F3N7O2/c1-26(2)7-8-29-11-3-5-22-9-10(11)23-16(28)13-14(21)25-27-6-4-12(17(18,19)20)24-15(13)27/h3-6,9H,7-8H2,1-2H3,(H2,21,25)(H,23,28). The first-order valence-electron chi connectivity index (χ1n) is 8.41. The number of fused-ring (bicyclic) bond motifs is 1. The highest BCUT2D eigenvalue weighted by molar-refractivity contribution is 6.12. The molecule has 0 aliphatic heterocycles. The molecule has 0 aliphatic rings. The predicted octanol–water partition coefficient (Wildman–Crippen LogP) is 1.92. The Balaban J connectivity index is 1.90. The van der Waals surface area contributed by atoms with Crippen molar-refractivity contribution in [1.29, 1.82) is 0 Å². The monoisotopic (exact) mass is 409 g/mol. The number of pyridine rings is 1. The highest BCUT2D eigenvalue weighted by Gasteiger charge is 2.33. The van der Waals surface area contributed by atoms with Crippen molar-refractivity contribution in [2.45, 2.75) is 6.18 Å². The molecule has 0 atom stereocenters. The van der Waals surface area contributed by atoms with Crippen molar-refractivity contribution in [1.82, 2.24) is 24.5 Å². The van der Waals surface area contributed by atoms with Crippen molar-refractivity contribution in [3.8, 4) is 5.75 Å². The van der Waals surface area contributed by atoms with Crippen molar-refractivity contribution in [2.75, 3.05) is 38.3 Å². The van der Waals surface area contributed by atoms with Gasteiger partial charge in [0.25, 0.3) is 5.91 Å². The van der Waals surface area contributed by atoms with E-state index < -0.39 is 17.8 Å². The number of likely N-dealkylation sites (N-methyl/N-ethyl adjacent to an activating group) is 1. The van der Waals surface area contributed by atoms with Crippen LogP contribution in [0.5, 0.6) is 5.75 Å². The smallest absolute Gasteiger partial charge is 0.433 e. The Morgan fingerprint density at radius 1 is 1.34 bits per heavy atom. The lowest BCUT2D eigenvalue weighted by Gasteiger charge is -2.14. The molecule has 3 aromatic heterocycles. The Hall–Kier alpha value is -3.41.